The SMILES string of the molecule is COc1cc(CN2CCNCC2c2ccncc2)ccc1C. The fraction of sp³-hybridized carbons (Fsp3) is 0.389. The Morgan fingerprint density at radius 1 is 1.27 bits per heavy atom. The van der Waals surface area contributed by atoms with Gasteiger partial charge in [-0.25, -0.2) is 0 Å². The van der Waals surface area contributed by atoms with Crippen LogP contribution in [-0.4, -0.2) is 36.6 Å². The van der Waals surface area contributed by atoms with Crippen LogP contribution in [0.2, 0.25) is 0 Å². The van der Waals surface area contributed by atoms with Gasteiger partial charge in [-0.3, -0.25) is 9.88 Å². The van der Waals surface area contributed by atoms with Crippen LogP contribution in [0.25, 0.3) is 0 Å². The van der Waals surface area contributed by atoms with Crippen molar-refractivity contribution < 1.29 is 4.74 Å². The second kappa shape index (κ2) is 6.90. The van der Waals surface area contributed by atoms with Crippen molar-refractivity contribution in [2.45, 2.75) is 19.5 Å². The van der Waals surface area contributed by atoms with Crippen LogP contribution in [0, 0.1) is 6.92 Å². The maximum Gasteiger partial charge on any atom is 0.122 e. The van der Waals surface area contributed by atoms with Gasteiger partial charge in [0.15, 0.2) is 0 Å². The number of aryl methyl sites for hydroxylation is 1. The minimum Gasteiger partial charge on any atom is -0.496 e. The number of ether oxygens (including phenoxy) is 1. The Kier molecular flexibility index (Phi) is 4.71. The number of aromatic nitrogens is 1. The highest BCUT2D eigenvalue weighted by atomic mass is 16.5. The van der Waals surface area contributed by atoms with Crippen LogP contribution >= 0.6 is 0 Å². The standard InChI is InChI=1S/C18H23N3O/c1-14-3-4-15(11-18(14)22-2)13-21-10-9-20-12-17(21)16-5-7-19-8-6-16/h3-8,11,17,20H,9-10,12-13H2,1-2H3. The summed E-state index contributed by atoms with van der Waals surface area (Å²) >= 11 is 0. The Morgan fingerprint density at radius 2 is 2.09 bits per heavy atom. The molecule has 1 fully saturated rings. The average molecular weight is 297 g/mol. The van der Waals surface area contributed by atoms with E-state index in [-0.39, 0.29) is 0 Å². The largest absolute Gasteiger partial charge is 0.496 e. The molecule has 2 heterocycles. The van der Waals surface area contributed by atoms with Gasteiger partial charge in [-0.2, -0.15) is 0 Å². The third-order valence-corrected chi connectivity index (χ3v) is 4.30. The second-order valence-electron chi connectivity index (χ2n) is 5.77. The van der Waals surface area contributed by atoms with Crippen molar-refractivity contribution in [2.75, 3.05) is 26.7 Å². The molecule has 1 atom stereocenters. The van der Waals surface area contributed by atoms with Crippen LogP contribution in [0.4, 0.5) is 0 Å². The van der Waals surface area contributed by atoms with Crippen molar-refractivity contribution >= 4 is 0 Å². The summed E-state index contributed by atoms with van der Waals surface area (Å²) in [7, 11) is 1.73. The molecule has 22 heavy (non-hydrogen) atoms. The average Bonchev–Trinajstić information content (AvgIpc) is 2.58. The number of nitrogens with zero attached hydrogens (tertiary/aromatic N) is 2. The van der Waals surface area contributed by atoms with Gasteiger partial charge in [-0.05, 0) is 41.8 Å². The molecule has 0 amide bonds. The molecule has 0 bridgehead atoms. The lowest BCUT2D eigenvalue weighted by molar-refractivity contribution is 0.153. The molecule has 4 nitrogen and oxygen atoms in total. The third kappa shape index (κ3) is 3.29. The molecular weight excluding hydrogens is 274 g/mol. The number of pyridine rings is 1. The first-order valence-corrected chi connectivity index (χ1v) is 7.76. The van der Waals surface area contributed by atoms with Crippen LogP contribution in [0.5, 0.6) is 5.75 Å². The van der Waals surface area contributed by atoms with Crippen LogP contribution in [0.15, 0.2) is 42.7 Å². The van der Waals surface area contributed by atoms with E-state index in [9.17, 15) is 0 Å². The van der Waals surface area contributed by atoms with Crippen molar-refractivity contribution in [2.24, 2.45) is 0 Å². The van der Waals surface area contributed by atoms with Crippen LogP contribution < -0.4 is 10.1 Å². The zero-order valence-corrected chi connectivity index (χ0v) is 13.2. The number of piperazine rings is 1. The molecule has 0 radical (unpaired) electrons. The van der Waals surface area contributed by atoms with Crippen LogP contribution in [-0.2, 0) is 6.54 Å². The first kappa shape index (κ1) is 15.0. The minimum absolute atomic E-state index is 0.393. The lowest BCUT2D eigenvalue weighted by Crippen LogP contribution is -2.45. The van der Waals surface area contributed by atoms with Gasteiger partial charge in [0.2, 0.25) is 0 Å². The summed E-state index contributed by atoms with van der Waals surface area (Å²) in [5.74, 6) is 0.966. The zero-order valence-electron chi connectivity index (χ0n) is 13.2. The highest BCUT2D eigenvalue weighted by Gasteiger charge is 2.23. The lowest BCUT2D eigenvalue weighted by atomic mass is 10.0. The smallest absolute Gasteiger partial charge is 0.122 e. The summed E-state index contributed by atoms with van der Waals surface area (Å²) < 4.78 is 5.45. The summed E-state index contributed by atoms with van der Waals surface area (Å²) in [6.45, 7) is 6.07. The van der Waals surface area contributed by atoms with Gasteiger partial charge in [0.25, 0.3) is 0 Å². The number of benzene rings is 1. The number of rotatable bonds is 4. The molecule has 1 saturated heterocycles. The molecule has 3 rings (SSSR count). The quantitative estimate of drug-likeness (QED) is 0.941. The highest BCUT2D eigenvalue weighted by molar-refractivity contribution is 5.36. The van der Waals surface area contributed by atoms with E-state index in [4.69, 9.17) is 4.74 Å². The van der Waals surface area contributed by atoms with Crippen molar-refractivity contribution in [1.82, 2.24) is 15.2 Å². The minimum atomic E-state index is 0.393. The number of hydrogen-bond acceptors (Lipinski definition) is 4. The molecule has 0 saturated carbocycles. The monoisotopic (exact) mass is 297 g/mol. The highest BCUT2D eigenvalue weighted by Crippen LogP contribution is 2.26. The van der Waals surface area contributed by atoms with E-state index < -0.39 is 0 Å². The van der Waals surface area contributed by atoms with Crippen molar-refractivity contribution in [3.05, 3.63) is 59.4 Å². The molecule has 1 aromatic carbocycles. The van der Waals surface area contributed by atoms with Gasteiger partial charge in [0.1, 0.15) is 5.75 Å². The molecule has 0 spiro atoms. The third-order valence-electron chi connectivity index (χ3n) is 4.30. The molecule has 1 unspecified atom stereocenters. The Balaban J connectivity index is 1.80. The molecule has 4 heteroatoms. The van der Waals surface area contributed by atoms with Gasteiger partial charge in [-0.1, -0.05) is 12.1 Å². The van der Waals surface area contributed by atoms with Gasteiger partial charge < -0.3 is 10.1 Å². The Bertz CT molecular complexity index is 615. The van der Waals surface area contributed by atoms with E-state index in [1.54, 1.807) is 7.11 Å². The molecule has 116 valence electrons. The Hall–Kier alpha value is -1.91. The lowest BCUT2D eigenvalue weighted by Gasteiger charge is -2.36. The van der Waals surface area contributed by atoms with Crippen molar-refractivity contribution in [3.63, 3.8) is 0 Å². The Morgan fingerprint density at radius 3 is 2.86 bits per heavy atom. The molecular formula is C18H23N3O. The van der Waals surface area contributed by atoms with Crippen LogP contribution in [0.3, 0.4) is 0 Å². The van der Waals surface area contributed by atoms with Gasteiger partial charge >= 0.3 is 0 Å². The van der Waals surface area contributed by atoms with E-state index in [0.29, 0.717) is 6.04 Å². The maximum absolute atomic E-state index is 5.45. The van der Waals surface area contributed by atoms with E-state index in [0.717, 1.165) is 31.9 Å². The molecule has 1 N–H and O–H groups in total. The number of nitrogens with one attached hydrogen (secondary N) is 1. The summed E-state index contributed by atoms with van der Waals surface area (Å²) in [4.78, 5) is 6.65. The van der Waals surface area contributed by atoms with Gasteiger partial charge in [0.05, 0.1) is 7.11 Å². The second-order valence-corrected chi connectivity index (χ2v) is 5.77. The van der Waals surface area contributed by atoms with Crippen molar-refractivity contribution in [1.29, 1.82) is 0 Å². The van der Waals surface area contributed by atoms with E-state index in [1.165, 1.54) is 16.7 Å². The normalized spacial score (nSPS) is 19.1. The van der Waals surface area contributed by atoms with Crippen molar-refractivity contribution in [3.8, 4) is 5.75 Å². The van der Waals surface area contributed by atoms with E-state index in [2.05, 4.69) is 52.5 Å². The molecule has 1 aromatic heterocycles. The summed E-state index contributed by atoms with van der Waals surface area (Å²) in [6.07, 6.45) is 3.74. The molecule has 1 aliphatic heterocycles. The topological polar surface area (TPSA) is 37.4 Å². The fourth-order valence-electron chi connectivity index (χ4n) is 3.05. The summed E-state index contributed by atoms with van der Waals surface area (Å²) in [5, 5.41) is 3.49. The first-order chi connectivity index (χ1) is 10.8. The zero-order chi connectivity index (χ0) is 15.4. The first-order valence-electron chi connectivity index (χ1n) is 7.76. The van der Waals surface area contributed by atoms with Crippen LogP contribution in [0.1, 0.15) is 22.7 Å². The van der Waals surface area contributed by atoms with E-state index in [1.807, 2.05) is 12.4 Å². The van der Waals surface area contributed by atoms with E-state index >= 15 is 0 Å². The van der Waals surface area contributed by atoms with Gasteiger partial charge in [0, 0.05) is 44.6 Å². The predicted molar refractivity (Wildman–Crippen MR) is 88.0 cm³/mol. The summed E-state index contributed by atoms with van der Waals surface area (Å²) in [6, 6.07) is 11.1. The van der Waals surface area contributed by atoms with Gasteiger partial charge in [-0.15, -0.1) is 0 Å². The summed E-state index contributed by atoms with van der Waals surface area (Å²) in [5.41, 5.74) is 3.79. The molecule has 0 aliphatic carbocycles. The predicted octanol–water partition coefficient (Wildman–Crippen LogP) is 2.55. The Labute approximate surface area is 132 Å². The number of methoxy groups -OCH3 is 1. The molecule has 2 aromatic rings. The fourth-order valence-corrected chi connectivity index (χ4v) is 3.05. The number of hydrogen-bond donors (Lipinski definition) is 1. The maximum atomic E-state index is 5.45. The molecule has 1 aliphatic rings.